The van der Waals surface area contributed by atoms with Gasteiger partial charge in [0, 0.05) is 18.8 Å². The monoisotopic (exact) mass is 237 g/mol. The van der Waals surface area contributed by atoms with Gasteiger partial charge in [0.25, 0.3) is 5.91 Å². The molecule has 0 spiro atoms. The summed E-state index contributed by atoms with van der Waals surface area (Å²) in [5.74, 6) is -0.0451. The van der Waals surface area contributed by atoms with Crippen LogP contribution in [0.3, 0.4) is 0 Å². The first kappa shape index (κ1) is 12.8. The van der Waals surface area contributed by atoms with Gasteiger partial charge in [-0.05, 0) is 19.1 Å². The Balaban J connectivity index is 2.57. The van der Waals surface area contributed by atoms with E-state index in [0.717, 1.165) is 0 Å². The lowest BCUT2D eigenvalue weighted by atomic mass is 10.3. The first-order valence-corrected chi connectivity index (χ1v) is 5.07. The van der Waals surface area contributed by atoms with Crippen molar-refractivity contribution in [3.05, 3.63) is 24.3 Å². The summed E-state index contributed by atoms with van der Waals surface area (Å²) in [6, 6.07) is 6.14. The SMILES string of the molecule is CNC(=O)NC(=O)C(C)Oc1cccc(N)c1. The summed E-state index contributed by atoms with van der Waals surface area (Å²) in [6.07, 6.45) is -0.783. The lowest BCUT2D eigenvalue weighted by Crippen LogP contribution is -2.43. The number of nitrogens with two attached hydrogens (primary N) is 1. The highest BCUT2D eigenvalue weighted by atomic mass is 16.5. The second-order valence-corrected chi connectivity index (χ2v) is 3.40. The molecule has 0 aliphatic carbocycles. The normalized spacial score (nSPS) is 11.4. The van der Waals surface area contributed by atoms with Crippen LogP contribution in [0.4, 0.5) is 10.5 Å². The number of anilines is 1. The summed E-state index contributed by atoms with van der Waals surface area (Å²) in [4.78, 5) is 22.4. The van der Waals surface area contributed by atoms with Crippen LogP contribution >= 0.6 is 0 Å². The number of ether oxygens (including phenoxy) is 1. The Kier molecular flexibility index (Phi) is 4.33. The Morgan fingerprint density at radius 1 is 1.41 bits per heavy atom. The first-order chi connectivity index (χ1) is 8.02. The van der Waals surface area contributed by atoms with Crippen molar-refractivity contribution < 1.29 is 14.3 Å². The average Bonchev–Trinajstić information content (AvgIpc) is 2.28. The van der Waals surface area contributed by atoms with E-state index in [1.54, 1.807) is 31.2 Å². The summed E-state index contributed by atoms with van der Waals surface area (Å²) >= 11 is 0. The number of rotatable bonds is 3. The zero-order valence-electron chi connectivity index (χ0n) is 9.69. The van der Waals surface area contributed by atoms with E-state index in [-0.39, 0.29) is 0 Å². The van der Waals surface area contributed by atoms with Crippen LogP contribution in [0, 0.1) is 0 Å². The molecule has 92 valence electrons. The van der Waals surface area contributed by atoms with Gasteiger partial charge in [-0.15, -0.1) is 0 Å². The fourth-order valence-electron chi connectivity index (χ4n) is 1.12. The standard InChI is InChI=1S/C11H15N3O3/c1-7(10(15)14-11(16)13-2)17-9-5-3-4-8(12)6-9/h3-7H,12H2,1-2H3,(H2,13,14,15,16). The maximum atomic E-state index is 11.5. The van der Waals surface area contributed by atoms with Gasteiger partial charge in [-0.25, -0.2) is 4.79 Å². The zero-order valence-corrected chi connectivity index (χ0v) is 9.69. The summed E-state index contributed by atoms with van der Waals surface area (Å²) < 4.78 is 5.33. The molecule has 0 heterocycles. The topological polar surface area (TPSA) is 93.5 Å². The van der Waals surface area contributed by atoms with Crippen LogP contribution in [-0.4, -0.2) is 25.1 Å². The third-order valence-corrected chi connectivity index (χ3v) is 2.00. The van der Waals surface area contributed by atoms with E-state index in [2.05, 4.69) is 10.6 Å². The third-order valence-electron chi connectivity index (χ3n) is 2.00. The Morgan fingerprint density at radius 2 is 2.12 bits per heavy atom. The van der Waals surface area contributed by atoms with Gasteiger partial charge in [0.15, 0.2) is 6.10 Å². The molecule has 17 heavy (non-hydrogen) atoms. The van der Waals surface area contributed by atoms with Crippen molar-refractivity contribution in [3.8, 4) is 5.75 Å². The van der Waals surface area contributed by atoms with Crippen LogP contribution in [0.5, 0.6) is 5.75 Å². The van der Waals surface area contributed by atoms with Gasteiger partial charge < -0.3 is 15.8 Å². The Morgan fingerprint density at radius 3 is 2.71 bits per heavy atom. The number of imide groups is 1. The molecule has 3 amide bonds. The minimum Gasteiger partial charge on any atom is -0.481 e. The van der Waals surface area contributed by atoms with E-state index in [4.69, 9.17) is 10.5 Å². The zero-order chi connectivity index (χ0) is 12.8. The third kappa shape index (κ3) is 4.02. The molecular formula is C11H15N3O3. The van der Waals surface area contributed by atoms with Crippen molar-refractivity contribution in [1.82, 2.24) is 10.6 Å². The maximum Gasteiger partial charge on any atom is 0.321 e. The summed E-state index contributed by atoms with van der Waals surface area (Å²) in [5.41, 5.74) is 6.11. The summed E-state index contributed by atoms with van der Waals surface area (Å²) in [5, 5.41) is 4.40. The van der Waals surface area contributed by atoms with Crippen molar-refractivity contribution in [2.45, 2.75) is 13.0 Å². The molecule has 0 saturated carbocycles. The van der Waals surface area contributed by atoms with E-state index in [1.165, 1.54) is 7.05 Å². The predicted molar refractivity (Wildman–Crippen MR) is 63.5 cm³/mol. The number of nitrogen functional groups attached to an aromatic ring is 1. The van der Waals surface area contributed by atoms with Gasteiger partial charge in [-0.3, -0.25) is 10.1 Å². The Labute approximate surface area is 99.1 Å². The van der Waals surface area contributed by atoms with Crippen LogP contribution in [0.2, 0.25) is 0 Å². The molecule has 1 rings (SSSR count). The highest BCUT2D eigenvalue weighted by molar-refractivity contribution is 5.96. The second-order valence-electron chi connectivity index (χ2n) is 3.40. The lowest BCUT2D eigenvalue weighted by molar-refractivity contribution is -0.126. The first-order valence-electron chi connectivity index (χ1n) is 5.07. The average molecular weight is 237 g/mol. The molecule has 1 aromatic carbocycles. The fourth-order valence-corrected chi connectivity index (χ4v) is 1.12. The van der Waals surface area contributed by atoms with E-state index in [9.17, 15) is 9.59 Å². The van der Waals surface area contributed by atoms with Gasteiger partial charge in [-0.1, -0.05) is 6.07 Å². The van der Waals surface area contributed by atoms with E-state index >= 15 is 0 Å². The molecule has 0 aliphatic heterocycles. The molecule has 0 bridgehead atoms. The molecule has 1 atom stereocenters. The second kappa shape index (κ2) is 5.74. The van der Waals surface area contributed by atoms with Crippen molar-refractivity contribution in [2.24, 2.45) is 0 Å². The van der Waals surface area contributed by atoms with Crippen molar-refractivity contribution in [1.29, 1.82) is 0 Å². The minimum absolute atomic E-state index is 0.476. The van der Waals surface area contributed by atoms with Crippen LogP contribution in [0.15, 0.2) is 24.3 Å². The number of hydrogen-bond acceptors (Lipinski definition) is 4. The van der Waals surface area contributed by atoms with Gasteiger partial charge in [0.2, 0.25) is 0 Å². The van der Waals surface area contributed by atoms with Crippen molar-refractivity contribution >= 4 is 17.6 Å². The molecule has 0 aromatic heterocycles. The highest BCUT2D eigenvalue weighted by Gasteiger charge is 2.16. The van der Waals surface area contributed by atoms with Gasteiger partial charge in [0.05, 0.1) is 0 Å². The van der Waals surface area contributed by atoms with E-state index in [0.29, 0.717) is 11.4 Å². The lowest BCUT2D eigenvalue weighted by Gasteiger charge is -2.14. The molecule has 4 N–H and O–H groups in total. The number of carbonyl (C=O) groups excluding carboxylic acids is 2. The molecule has 0 radical (unpaired) electrons. The van der Waals surface area contributed by atoms with Crippen LogP contribution in [-0.2, 0) is 4.79 Å². The van der Waals surface area contributed by atoms with Crippen LogP contribution in [0.25, 0.3) is 0 Å². The van der Waals surface area contributed by atoms with Crippen LogP contribution in [0.1, 0.15) is 6.92 Å². The fraction of sp³-hybridized carbons (Fsp3) is 0.273. The quantitative estimate of drug-likeness (QED) is 0.667. The molecule has 1 aromatic rings. The molecule has 1 unspecified atom stereocenters. The number of urea groups is 1. The van der Waals surface area contributed by atoms with E-state index < -0.39 is 18.0 Å². The largest absolute Gasteiger partial charge is 0.481 e. The molecule has 6 heteroatoms. The molecule has 6 nitrogen and oxygen atoms in total. The number of amides is 3. The van der Waals surface area contributed by atoms with Gasteiger partial charge in [-0.2, -0.15) is 0 Å². The predicted octanol–water partition coefficient (Wildman–Crippen LogP) is 0.492. The Hall–Kier alpha value is -2.24. The Bertz CT molecular complexity index is 420. The number of benzene rings is 1. The highest BCUT2D eigenvalue weighted by Crippen LogP contribution is 2.15. The molecular weight excluding hydrogens is 222 g/mol. The summed E-state index contributed by atoms with van der Waals surface area (Å²) in [7, 11) is 1.42. The summed E-state index contributed by atoms with van der Waals surface area (Å²) in [6.45, 7) is 1.54. The van der Waals surface area contributed by atoms with Gasteiger partial charge >= 0.3 is 6.03 Å². The van der Waals surface area contributed by atoms with Crippen molar-refractivity contribution in [2.75, 3.05) is 12.8 Å². The maximum absolute atomic E-state index is 11.5. The molecule has 0 aliphatic rings. The van der Waals surface area contributed by atoms with Crippen molar-refractivity contribution in [3.63, 3.8) is 0 Å². The van der Waals surface area contributed by atoms with Crippen LogP contribution < -0.4 is 21.1 Å². The minimum atomic E-state index is -0.783. The molecule has 0 fully saturated rings. The number of nitrogens with one attached hydrogen (secondary N) is 2. The van der Waals surface area contributed by atoms with E-state index in [1.807, 2.05) is 0 Å². The smallest absolute Gasteiger partial charge is 0.321 e. The van der Waals surface area contributed by atoms with Gasteiger partial charge in [0.1, 0.15) is 5.75 Å². The number of carbonyl (C=O) groups is 2. The number of hydrogen-bond donors (Lipinski definition) is 3. The molecule has 0 saturated heterocycles.